The van der Waals surface area contributed by atoms with Crippen LogP contribution in [0.4, 0.5) is 4.79 Å². The van der Waals surface area contributed by atoms with E-state index in [1.807, 2.05) is 78.9 Å². The normalized spacial score (nSPS) is 14.1. The number of carbonyl (C=O) groups is 3. The third-order valence-corrected chi connectivity index (χ3v) is 7.39. The zero-order chi connectivity index (χ0) is 29.5. The van der Waals surface area contributed by atoms with Gasteiger partial charge in [0.05, 0.1) is 12.7 Å². The van der Waals surface area contributed by atoms with Crippen molar-refractivity contribution < 1.29 is 29.0 Å². The minimum absolute atomic E-state index is 0.0745. The second-order valence-electron chi connectivity index (χ2n) is 10.1. The molecule has 0 bridgehead atoms. The van der Waals surface area contributed by atoms with Crippen molar-refractivity contribution in [1.82, 2.24) is 10.6 Å². The molecule has 2 amide bonds. The van der Waals surface area contributed by atoms with E-state index in [2.05, 4.69) is 10.6 Å². The van der Waals surface area contributed by atoms with Crippen LogP contribution in [0.15, 0.2) is 109 Å². The van der Waals surface area contributed by atoms with E-state index in [1.54, 1.807) is 37.3 Å². The first kappa shape index (κ1) is 28.6. The van der Waals surface area contributed by atoms with E-state index < -0.39 is 36.2 Å². The fourth-order valence-electron chi connectivity index (χ4n) is 5.22. The summed E-state index contributed by atoms with van der Waals surface area (Å²) in [6, 6.07) is 31.4. The van der Waals surface area contributed by atoms with Crippen LogP contribution in [0.2, 0.25) is 0 Å². The maximum Gasteiger partial charge on any atom is 0.408 e. The molecule has 214 valence electrons. The van der Waals surface area contributed by atoms with E-state index in [0.717, 1.165) is 27.8 Å². The van der Waals surface area contributed by atoms with Gasteiger partial charge < -0.3 is 25.2 Å². The summed E-state index contributed by atoms with van der Waals surface area (Å²) in [5.74, 6) is -2.10. The van der Waals surface area contributed by atoms with Crippen LogP contribution in [-0.2, 0) is 25.7 Å². The first-order valence-corrected chi connectivity index (χ1v) is 13.8. The topological polar surface area (TPSA) is 114 Å². The predicted molar refractivity (Wildman–Crippen MR) is 158 cm³/mol. The summed E-state index contributed by atoms with van der Waals surface area (Å²) in [5.41, 5.74) is 5.69. The standard InChI is InChI=1S/C34H32N2O6/c1-22(41-20-23-12-4-2-5-13-23)30(33(38)39)35-32(37)31(24-14-6-3-7-15-24)36-34(40)42-21-29-27-18-10-8-16-25(27)26-17-9-11-19-28(26)29/h2-19,22,29-31H,20-21H2,1H3,(H,35,37)(H,36,40)(H,38,39)/t22?,30?,31-/m0/s1. The Labute approximate surface area is 244 Å². The van der Waals surface area contributed by atoms with Gasteiger partial charge in [-0.1, -0.05) is 109 Å². The van der Waals surface area contributed by atoms with E-state index in [0.29, 0.717) is 5.56 Å². The van der Waals surface area contributed by atoms with Crippen molar-refractivity contribution >= 4 is 18.0 Å². The molecule has 8 heteroatoms. The number of nitrogens with one attached hydrogen (secondary N) is 2. The van der Waals surface area contributed by atoms with Crippen LogP contribution < -0.4 is 10.6 Å². The van der Waals surface area contributed by atoms with E-state index in [-0.39, 0.29) is 19.1 Å². The summed E-state index contributed by atoms with van der Waals surface area (Å²) < 4.78 is 11.4. The number of hydrogen-bond donors (Lipinski definition) is 3. The number of fused-ring (bicyclic) bond motifs is 3. The largest absolute Gasteiger partial charge is 0.480 e. The molecule has 1 aliphatic rings. The molecule has 42 heavy (non-hydrogen) atoms. The van der Waals surface area contributed by atoms with Crippen LogP contribution in [0.3, 0.4) is 0 Å². The fourth-order valence-corrected chi connectivity index (χ4v) is 5.22. The molecule has 5 rings (SSSR count). The number of benzene rings is 4. The minimum Gasteiger partial charge on any atom is -0.480 e. The second-order valence-corrected chi connectivity index (χ2v) is 10.1. The second kappa shape index (κ2) is 13.1. The van der Waals surface area contributed by atoms with Gasteiger partial charge in [0.25, 0.3) is 0 Å². The molecule has 0 radical (unpaired) electrons. The average Bonchev–Trinajstić information content (AvgIpc) is 3.34. The average molecular weight is 565 g/mol. The number of carbonyl (C=O) groups excluding carboxylic acids is 2. The Morgan fingerprint density at radius 2 is 1.31 bits per heavy atom. The van der Waals surface area contributed by atoms with Crippen molar-refractivity contribution in [3.05, 3.63) is 131 Å². The van der Waals surface area contributed by atoms with Crippen molar-refractivity contribution in [3.8, 4) is 11.1 Å². The first-order valence-electron chi connectivity index (χ1n) is 13.8. The van der Waals surface area contributed by atoms with Gasteiger partial charge in [-0.25, -0.2) is 9.59 Å². The number of hydrogen-bond acceptors (Lipinski definition) is 5. The van der Waals surface area contributed by atoms with E-state index >= 15 is 0 Å². The summed E-state index contributed by atoms with van der Waals surface area (Å²) in [5, 5.41) is 15.1. The smallest absolute Gasteiger partial charge is 0.408 e. The molecule has 1 aliphatic carbocycles. The van der Waals surface area contributed by atoms with Crippen molar-refractivity contribution in [1.29, 1.82) is 0 Å². The van der Waals surface area contributed by atoms with Gasteiger partial charge in [-0.3, -0.25) is 4.79 Å². The third-order valence-electron chi connectivity index (χ3n) is 7.39. The highest BCUT2D eigenvalue weighted by Crippen LogP contribution is 2.44. The molecule has 0 spiro atoms. The number of carboxylic acids is 1. The lowest BCUT2D eigenvalue weighted by molar-refractivity contribution is -0.146. The van der Waals surface area contributed by atoms with E-state index in [4.69, 9.17) is 9.47 Å². The molecule has 0 saturated carbocycles. The maximum absolute atomic E-state index is 13.5. The van der Waals surface area contributed by atoms with Crippen LogP contribution in [0, 0.1) is 0 Å². The van der Waals surface area contributed by atoms with Crippen molar-refractivity contribution in [3.63, 3.8) is 0 Å². The third kappa shape index (κ3) is 6.50. The van der Waals surface area contributed by atoms with Crippen molar-refractivity contribution in [2.24, 2.45) is 0 Å². The van der Waals surface area contributed by atoms with Gasteiger partial charge in [0.1, 0.15) is 12.6 Å². The van der Waals surface area contributed by atoms with Crippen molar-refractivity contribution in [2.45, 2.75) is 37.6 Å². The highest BCUT2D eigenvalue weighted by Gasteiger charge is 2.33. The Balaban J connectivity index is 1.27. The van der Waals surface area contributed by atoms with Crippen LogP contribution in [0.1, 0.15) is 41.1 Å². The Morgan fingerprint density at radius 3 is 1.90 bits per heavy atom. The van der Waals surface area contributed by atoms with E-state index in [9.17, 15) is 19.5 Å². The SMILES string of the molecule is CC(OCc1ccccc1)C(NC(=O)[C@@H](NC(=O)OCC1c2ccccc2-c2ccccc21)c1ccccc1)C(=O)O. The molecule has 0 fully saturated rings. The zero-order valence-corrected chi connectivity index (χ0v) is 23.1. The molecular weight excluding hydrogens is 532 g/mol. The van der Waals surface area contributed by atoms with Crippen LogP contribution in [0.25, 0.3) is 11.1 Å². The lowest BCUT2D eigenvalue weighted by atomic mass is 9.98. The van der Waals surface area contributed by atoms with Crippen molar-refractivity contribution in [2.75, 3.05) is 6.61 Å². The van der Waals surface area contributed by atoms with Gasteiger partial charge in [-0.15, -0.1) is 0 Å². The number of rotatable bonds is 11. The number of carboxylic acid groups (broad SMARTS) is 1. The lowest BCUT2D eigenvalue weighted by Gasteiger charge is -2.25. The molecule has 0 aliphatic heterocycles. The van der Waals surface area contributed by atoms with E-state index in [1.165, 1.54) is 0 Å². The number of alkyl carbamates (subject to hydrolysis) is 1. The quantitative estimate of drug-likeness (QED) is 0.224. The molecule has 3 N–H and O–H groups in total. The monoisotopic (exact) mass is 564 g/mol. The summed E-state index contributed by atoms with van der Waals surface area (Å²) in [6.07, 6.45) is -1.64. The molecule has 0 saturated heterocycles. The Morgan fingerprint density at radius 1 is 0.762 bits per heavy atom. The Kier molecular flexibility index (Phi) is 8.94. The summed E-state index contributed by atoms with van der Waals surface area (Å²) in [7, 11) is 0. The molecule has 3 atom stereocenters. The number of ether oxygens (including phenoxy) is 2. The summed E-state index contributed by atoms with van der Waals surface area (Å²) >= 11 is 0. The molecule has 4 aromatic carbocycles. The summed E-state index contributed by atoms with van der Waals surface area (Å²) in [6.45, 7) is 1.84. The highest BCUT2D eigenvalue weighted by atomic mass is 16.5. The molecular formula is C34H32N2O6. The minimum atomic E-state index is -1.35. The highest BCUT2D eigenvalue weighted by molar-refractivity contribution is 5.90. The molecule has 0 heterocycles. The van der Waals surface area contributed by atoms with Gasteiger partial charge in [-0.2, -0.15) is 0 Å². The lowest BCUT2D eigenvalue weighted by Crippen LogP contribution is -2.52. The van der Waals surface area contributed by atoms with Crippen LogP contribution in [-0.4, -0.2) is 41.8 Å². The molecule has 8 nitrogen and oxygen atoms in total. The molecule has 2 unspecified atom stereocenters. The van der Waals surface area contributed by atoms with Gasteiger partial charge in [0.2, 0.25) is 5.91 Å². The van der Waals surface area contributed by atoms with Gasteiger partial charge >= 0.3 is 12.1 Å². The van der Waals surface area contributed by atoms with Gasteiger partial charge in [-0.05, 0) is 40.3 Å². The zero-order valence-electron chi connectivity index (χ0n) is 23.1. The maximum atomic E-state index is 13.5. The van der Waals surface area contributed by atoms with Crippen LogP contribution >= 0.6 is 0 Å². The Hall–Kier alpha value is -4.95. The Bertz CT molecular complexity index is 1500. The molecule has 0 aromatic heterocycles. The van der Waals surface area contributed by atoms with Gasteiger partial charge in [0.15, 0.2) is 6.04 Å². The fraction of sp³-hybridized carbons (Fsp3) is 0.206. The number of aliphatic carboxylic acids is 1. The summed E-state index contributed by atoms with van der Waals surface area (Å²) in [4.78, 5) is 38.6. The predicted octanol–water partition coefficient (Wildman–Crippen LogP) is 5.44. The van der Waals surface area contributed by atoms with Crippen LogP contribution in [0.5, 0.6) is 0 Å². The number of amides is 2. The first-order chi connectivity index (χ1) is 20.4. The molecule has 4 aromatic rings. The van der Waals surface area contributed by atoms with Gasteiger partial charge in [0, 0.05) is 5.92 Å².